The molecule has 0 aromatic rings. The van der Waals surface area contributed by atoms with E-state index in [2.05, 4.69) is 55.4 Å². The van der Waals surface area contributed by atoms with Crippen LogP contribution in [0.1, 0.15) is 409 Å². The third-order valence-electron chi connectivity index (χ3n) is 19.7. The van der Waals surface area contributed by atoms with Crippen LogP contribution in [0.15, 0.2) is 0 Å². The van der Waals surface area contributed by atoms with Crippen LogP contribution in [0.4, 0.5) is 0 Å². The van der Waals surface area contributed by atoms with Crippen molar-refractivity contribution < 1.29 is 80.2 Å². The highest BCUT2D eigenvalue weighted by Gasteiger charge is 2.30. The van der Waals surface area contributed by atoms with Gasteiger partial charge in [-0.05, 0) is 49.4 Å². The lowest BCUT2D eigenvalue weighted by Crippen LogP contribution is -2.30. The number of phosphoric acid groups is 2. The summed E-state index contributed by atoms with van der Waals surface area (Å²) >= 11 is 0. The van der Waals surface area contributed by atoms with Gasteiger partial charge in [0.05, 0.1) is 26.4 Å². The summed E-state index contributed by atoms with van der Waals surface area (Å²) < 4.78 is 68.6. The molecule has 0 rings (SSSR count). The number of ether oxygens (including phenoxy) is 4. The Kier molecular flexibility index (Phi) is 67.8. The van der Waals surface area contributed by atoms with Crippen LogP contribution in [0.5, 0.6) is 0 Å². The molecule has 0 saturated carbocycles. The number of aliphatic hydroxyl groups excluding tert-OH is 1. The molecule has 0 aliphatic rings. The highest BCUT2D eigenvalue weighted by atomic mass is 31.2. The van der Waals surface area contributed by atoms with Crippen molar-refractivity contribution in [3.63, 3.8) is 0 Å². The van der Waals surface area contributed by atoms with Gasteiger partial charge in [0.2, 0.25) is 0 Å². The standard InChI is InChI=1S/C80H156O17P2/c1-9-71(6)57-49-41-32-26-20-18-16-14-12-13-15-17-19-21-30-36-46-54-62-79(84)97-76(67-91-78(83)61-53-45-39-38-40-48-56-70(4)5)69-95-99(88,89)93-65-74(81)64-92-98(86,87)94-68-75(96-80(85)63-55-47-37-31-25-23-28-34-43-51-59-73(8)11-3)66-90-77(82)60-52-44-35-29-24-22-27-33-42-50-58-72(7)10-2/h70-76,81H,9-69H2,1-8H3,(H,86,87)(H,88,89)/t71?,72?,73?,74-,75-,76-/m1/s1. The number of rotatable bonds is 77. The summed E-state index contributed by atoms with van der Waals surface area (Å²) in [6.45, 7) is 14.3. The van der Waals surface area contributed by atoms with Gasteiger partial charge in [0.1, 0.15) is 19.3 Å². The topological polar surface area (TPSA) is 237 Å². The van der Waals surface area contributed by atoms with Gasteiger partial charge in [0.15, 0.2) is 12.2 Å². The second kappa shape index (κ2) is 69.1. The van der Waals surface area contributed by atoms with Crippen LogP contribution < -0.4 is 0 Å². The van der Waals surface area contributed by atoms with E-state index in [1.165, 1.54) is 205 Å². The molecular weight excluding hydrogens is 1290 g/mol. The summed E-state index contributed by atoms with van der Waals surface area (Å²) in [6, 6.07) is 0. The molecule has 0 aliphatic carbocycles. The van der Waals surface area contributed by atoms with Crippen molar-refractivity contribution in [3.8, 4) is 0 Å². The molecule has 99 heavy (non-hydrogen) atoms. The molecule has 0 saturated heterocycles. The second-order valence-corrected chi connectivity index (χ2v) is 32.9. The first kappa shape index (κ1) is 97.1. The van der Waals surface area contributed by atoms with E-state index in [0.29, 0.717) is 31.6 Å². The third kappa shape index (κ3) is 70.2. The van der Waals surface area contributed by atoms with E-state index in [1.807, 2.05) is 0 Å². The molecule has 0 spiro atoms. The Hall–Kier alpha value is -1.94. The number of hydrogen-bond acceptors (Lipinski definition) is 15. The maximum atomic E-state index is 13.1. The first-order chi connectivity index (χ1) is 47.7. The summed E-state index contributed by atoms with van der Waals surface area (Å²) in [6.07, 6.45) is 55.5. The molecule has 0 bridgehead atoms. The third-order valence-corrected chi connectivity index (χ3v) is 21.6. The zero-order chi connectivity index (χ0) is 73.1. The lowest BCUT2D eigenvalue weighted by atomic mass is 9.99. The van der Waals surface area contributed by atoms with Crippen molar-refractivity contribution in [1.82, 2.24) is 0 Å². The molecule has 588 valence electrons. The van der Waals surface area contributed by atoms with Crippen molar-refractivity contribution in [3.05, 3.63) is 0 Å². The average Bonchev–Trinajstić information content (AvgIpc) is 1.12. The Morgan fingerprint density at radius 2 is 0.485 bits per heavy atom. The van der Waals surface area contributed by atoms with Crippen molar-refractivity contribution in [2.45, 2.75) is 427 Å². The Balaban J connectivity index is 5.18. The molecule has 5 unspecified atom stereocenters. The zero-order valence-corrected chi connectivity index (χ0v) is 66.9. The van der Waals surface area contributed by atoms with Crippen LogP contribution in [-0.2, 0) is 65.4 Å². The highest BCUT2D eigenvalue weighted by molar-refractivity contribution is 7.47. The number of carbonyl (C=O) groups excluding carboxylic acids is 4. The molecule has 0 heterocycles. The van der Waals surface area contributed by atoms with Gasteiger partial charge in [0.25, 0.3) is 0 Å². The number of unbranched alkanes of at least 4 members (excludes halogenated alkanes) is 40. The largest absolute Gasteiger partial charge is 0.472 e. The van der Waals surface area contributed by atoms with Gasteiger partial charge in [-0.1, -0.05) is 357 Å². The van der Waals surface area contributed by atoms with Gasteiger partial charge in [0, 0.05) is 25.7 Å². The predicted molar refractivity (Wildman–Crippen MR) is 404 cm³/mol. The van der Waals surface area contributed by atoms with Gasteiger partial charge >= 0.3 is 39.5 Å². The molecule has 0 aromatic heterocycles. The maximum absolute atomic E-state index is 13.1. The first-order valence-corrected chi connectivity index (χ1v) is 44.3. The molecule has 3 N–H and O–H groups in total. The van der Waals surface area contributed by atoms with Gasteiger partial charge < -0.3 is 33.8 Å². The smallest absolute Gasteiger partial charge is 0.462 e. The van der Waals surface area contributed by atoms with Crippen molar-refractivity contribution >= 4 is 39.5 Å². The second-order valence-electron chi connectivity index (χ2n) is 30.0. The Bertz CT molecular complexity index is 1940. The summed E-state index contributed by atoms with van der Waals surface area (Å²) in [4.78, 5) is 72.9. The van der Waals surface area contributed by atoms with Gasteiger partial charge in [-0.3, -0.25) is 37.3 Å². The predicted octanol–water partition coefficient (Wildman–Crippen LogP) is 23.6. The molecule has 0 radical (unpaired) electrons. The summed E-state index contributed by atoms with van der Waals surface area (Å²) in [5, 5.41) is 10.6. The van der Waals surface area contributed by atoms with Crippen molar-refractivity contribution in [1.29, 1.82) is 0 Å². The minimum absolute atomic E-state index is 0.106. The molecule has 0 aliphatic heterocycles. The summed E-state index contributed by atoms with van der Waals surface area (Å²) in [5.41, 5.74) is 0. The van der Waals surface area contributed by atoms with E-state index in [9.17, 15) is 43.2 Å². The minimum Gasteiger partial charge on any atom is -0.462 e. The Labute approximate surface area is 607 Å². The quantitative estimate of drug-likeness (QED) is 0.0222. The number of hydrogen-bond donors (Lipinski definition) is 3. The maximum Gasteiger partial charge on any atom is 0.472 e. The lowest BCUT2D eigenvalue weighted by molar-refractivity contribution is -0.161. The van der Waals surface area contributed by atoms with Gasteiger partial charge in [-0.2, -0.15) is 0 Å². The lowest BCUT2D eigenvalue weighted by Gasteiger charge is -2.21. The van der Waals surface area contributed by atoms with Crippen LogP contribution in [0, 0.1) is 23.7 Å². The Morgan fingerprint density at radius 3 is 0.717 bits per heavy atom. The van der Waals surface area contributed by atoms with E-state index in [1.54, 1.807) is 0 Å². The molecule has 17 nitrogen and oxygen atoms in total. The number of carbonyl (C=O) groups is 4. The molecule has 19 heteroatoms. The van der Waals surface area contributed by atoms with Crippen LogP contribution in [0.25, 0.3) is 0 Å². The fraction of sp³-hybridized carbons (Fsp3) is 0.950. The van der Waals surface area contributed by atoms with Crippen LogP contribution >= 0.6 is 15.6 Å². The zero-order valence-electron chi connectivity index (χ0n) is 65.1. The van der Waals surface area contributed by atoms with E-state index < -0.39 is 97.5 Å². The molecule has 0 amide bonds. The van der Waals surface area contributed by atoms with E-state index in [0.717, 1.165) is 114 Å². The van der Waals surface area contributed by atoms with Crippen LogP contribution in [-0.4, -0.2) is 96.7 Å². The summed E-state index contributed by atoms with van der Waals surface area (Å²) in [7, 11) is -9.92. The Morgan fingerprint density at radius 1 is 0.283 bits per heavy atom. The van der Waals surface area contributed by atoms with Gasteiger partial charge in [-0.25, -0.2) is 9.13 Å². The first-order valence-electron chi connectivity index (χ1n) is 41.3. The fourth-order valence-electron chi connectivity index (χ4n) is 12.2. The SMILES string of the molecule is CCC(C)CCCCCCCCCCCCCCCCCCCCC(=O)O[C@H](COC(=O)CCCCCCCCC(C)C)COP(=O)(O)OC[C@H](O)COP(=O)(O)OC[C@@H](COC(=O)CCCCCCCCCCCCC(C)CC)OC(=O)CCCCCCCCCCCCC(C)CC. The van der Waals surface area contributed by atoms with E-state index in [4.69, 9.17) is 37.0 Å². The molecule has 0 fully saturated rings. The fourth-order valence-corrected chi connectivity index (χ4v) is 13.7. The monoisotopic (exact) mass is 1450 g/mol. The molecular formula is C80H156O17P2. The summed E-state index contributed by atoms with van der Waals surface area (Å²) in [5.74, 6) is 1.04. The number of esters is 4. The van der Waals surface area contributed by atoms with E-state index >= 15 is 0 Å². The van der Waals surface area contributed by atoms with Crippen LogP contribution in [0.2, 0.25) is 0 Å². The van der Waals surface area contributed by atoms with Crippen molar-refractivity contribution in [2.75, 3.05) is 39.6 Å². The number of phosphoric ester groups is 2. The molecule has 8 atom stereocenters. The van der Waals surface area contributed by atoms with Gasteiger partial charge in [-0.15, -0.1) is 0 Å². The van der Waals surface area contributed by atoms with Crippen molar-refractivity contribution in [2.24, 2.45) is 23.7 Å². The molecule has 0 aromatic carbocycles. The normalized spacial score (nSPS) is 14.9. The average molecular weight is 1450 g/mol. The van der Waals surface area contributed by atoms with Crippen LogP contribution in [0.3, 0.4) is 0 Å². The number of aliphatic hydroxyl groups is 1. The van der Waals surface area contributed by atoms with E-state index in [-0.39, 0.29) is 25.7 Å². The highest BCUT2D eigenvalue weighted by Crippen LogP contribution is 2.45. The minimum atomic E-state index is -4.96.